The van der Waals surface area contributed by atoms with Crippen LogP contribution in [-0.2, 0) is 46.3 Å². The van der Waals surface area contributed by atoms with Gasteiger partial charge in [0.25, 0.3) is 0 Å². The van der Waals surface area contributed by atoms with Crippen LogP contribution in [-0.4, -0.2) is 76.6 Å². The first-order valence-corrected chi connectivity index (χ1v) is 25.7. The maximum atomic E-state index is 12.3. The molecule has 8 aromatic rings. The molecule has 0 aliphatic heterocycles. The third-order valence-electron chi connectivity index (χ3n) is 12.8. The van der Waals surface area contributed by atoms with E-state index in [-0.39, 0.29) is 42.4 Å². The molecule has 0 aliphatic rings. The van der Waals surface area contributed by atoms with Crippen LogP contribution in [0.2, 0.25) is 0 Å². The lowest BCUT2D eigenvalue weighted by atomic mass is 9.98. The highest BCUT2D eigenvalue weighted by molar-refractivity contribution is 6.02. The number of Topliss-reactive ketones (excluding diaryl/α,β-unsaturated/α-hetero) is 4. The molecule has 8 rings (SSSR count). The van der Waals surface area contributed by atoms with Gasteiger partial charge in [0, 0.05) is 53.5 Å². The predicted octanol–water partition coefficient (Wildman–Crippen LogP) is 13.0. The van der Waals surface area contributed by atoms with Crippen molar-refractivity contribution in [2.75, 3.05) is 35.5 Å². The first-order valence-electron chi connectivity index (χ1n) is 25.7. The average Bonchev–Trinajstić information content (AvgIpc) is 3.50. The van der Waals surface area contributed by atoms with Gasteiger partial charge in [0.15, 0.2) is 23.1 Å². The minimum absolute atomic E-state index is 0.00555. The van der Waals surface area contributed by atoms with E-state index in [2.05, 4.69) is 6.92 Å². The van der Waals surface area contributed by atoms with Crippen LogP contribution < -0.4 is 9.47 Å². The summed E-state index contributed by atoms with van der Waals surface area (Å²) < 4.78 is 24.5. The number of hydrogen-bond acceptors (Lipinski definition) is 12. The molecule has 0 saturated carbocycles. The molecule has 0 fully saturated rings. The van der Waals surface area contributed by atoms with E-state index in [1.54, 1.807) is 111 Å². The molecule has 0 atom stereocenters. The summed E-state index contributed by atoms with van der Waals surface area (Å²) in [5.74, 6) is 0.230. The molecule has 12 nitrogen and oxygen atoms in total. The summed E-state index contributed by atoms with van der Waals surface area (Å²) >= 11 is 0. The summed E-state index contributed by atoms with van der Waals surface area (Å²) in [6.07, 6.45) is 1.84. The monoisotopic (exact) mass is 1070 g/mol. The molecular formula is C68H66O12. The number of carbonyl (C=O) groups excluding carboxylic acids is 7. The minimum atomic E-state index is -0.437. The Bertz CT molecular complexity index is 3260. The largest absolute Gasteiger partial charge is 0.497 e. The molecule has 0 aliphatic carbocycles. The Kier molecular flexibility index (Phi) is 24.2. The first kappa shape index (κ1) is 61.3. The highest BCUT2D eigenvalue weighted by Crippen LogP contribution is 2.22. The van der Waals surface area contributed by atoms with Gasteiger partial charge in [-0.25, -0.2) is 14.4 Å². The molecule has 0 aromatic heterocycles. The molecular weight excluding hydrogens is 1010 g/mol. The maximum Gasteiger partial charge on any atom is 0.338 e. The van der Waals surface area contributed by atoms with Crippen molar-refractivity contribution in [1.82, 2.24) is 0 Å². The topological polar surface area (TPSA) is 166 Å². The molecule has 0 unspecified atom stereocenters. The van der Waals surface area contributed by atoms with Crippen LogP contribution in [0.5, 0.6) is 11.5 Å². The average molecular weight is 1080 g/mol. The normalized spacial score (nSPS) is 10.1. The summed E-state index contributed by atoms with van der Waals surface area (Å²) in [6, 6.07) is 58.2. The second kappa shape index (κ2) is 31.6. The van der Waals surface area contributed by atoms with E-state index in [1.807, 2.05) is 111 Å². The lowest BCUT2D eigenvalue weighted by Crippen LogP contribution is -2.10. The fourth-order valence-corrected chi connectivity index (χ4v) is 8.22. The number of carbonyl (C=O) groups is 7. The molecule has 80 heavy (non-hydrogen) atoms. The van der Waals surface area contributed by atoms with E-state index in [0.717, 1.165) is 34.4 Å². The van der Waals surface area contributed by atoms with E-state index in [1.165, 1.54) is 26.9 Å². The molecule has 8 aromatic carbocycles. The number of esters is 3. The van der Waals surface area contributed by atoms with Crippen LogP contribution >= 0.6 is 0 Å². The number of ketones is 4. The van der Waals surface area contributed by atoms with Crippen molar-refractivity contribution in [3.8, 4) is 11.5 Å². The lowest BCUT2D eigenvalue weighted by Gasteiger charge is -2.08. The van der Waals surface area contributed by atoms with E-state index in [0.29, 0.717) is 62.2 Å². The van der Waals surface area contributed by atoms with Crippen molar-refractivity contribution in [3.63, 3.8) is 0 Å². The highest BCUT2D eigenvalue weighted by Gasteiger charge is 2.18. The van der Waals surface area contributed by atoms with E-state index >= 15 is 0 Å². The van der Waals surface area contributed by atoms with Crippen molar-refractivity contribution in [2.24, 2.45) is 0 Å². The second-order valence-electron chi connectivity index (χ2n) is 18.1. The van der Waals surface area contributed by atoms with Gasteiger partial charge in [-0.2, -0.15) is 0 Å². The first-order chi connectivity index (χ1) is 38.6. The van der Waals surface area contributed by atoms with Gasteiger partial charge in [-0.15, -0.1) is 0 Å². The van der Waals surface area contributed by atoms with E-state index in [4.69, 9.17) is 23.7 Å². The fourth-order valence-electron chi connectivity index (χ4n) is 8.22. The standard InChI is InChI=1S/C18H18O3.C17H16O4.C17H16O3.C16H16O2/c1-3-13-8-10-14(11-9-13)17(19)12-15-6-4-5-7-16(15)18(20)21-2;1-20-14-9-7-12(8-10-14)16(18)11-13-5-3-4-6-15(13)17(19)21-2;1-12-7-9-13(10-8-12)16(18)11-14-5-3-4-6-15(14)17(19)20-2;1-12-7-3-5-9-14(12)15(17)11-13-8-4-6-10-16(13)18-2/h4-11H,3,12H2,1-2H3;3-10H,11H2,1-2H3;3-10H,11H2,1-2H3;3-10H,11H2,1-2H3. The van der Waals surface area contributed by atoms with Crippen molar-refractivity contribution in [2.45, 2.75) is 52.9 Å². The fraction of sp³-hybridized carbons (Fsp3) is 0.191. The molecule has 0 amide bonds. The predicted molar refractivity (Wildman–Crippen MR) is 310 cm³/mol. The van der Waals surface area contributed by atoms with Crippen LogP contribution in [0.1, 0.15) is 118 Å². The number of aryl methyl sites for hydroxylation is 3. The van der Waals surface area contributed by atoms with Gasteiger partial charge in [0.1, 0.15) is 11.5 Å². The van der Waals surface area contributed by atoms with Crippen molar-refractivity contribution in [3.05, 3.63) is 272 Å². The Morgan fingerprint density at radius 1 is 0.338 bits per heavy atom. The molecule has 0 spiro atoms. The zero-order valence-electron chi connectivity index (χ0n) is 46.4. The third kappa shape index (κ3) is 18.0. The van der Waals surface area contributed by atoms with Crippen molar-refractivity contribution < 1.29 is 57.2 Å². The van der Waals surface area contributed by atoms with Crippen molar-refractivity contribution in [1.29, 1.82) is 0 Å². The smallest absolute Gasteiger partial charge is 0.338 e. The number of hydrogen-bond donors (Lipinski definition) is 0. The SMILES string of the molecule is CCc1ccc(C(=O)Cc2ccccc2C(=O)OC)cc1.COC(=O)c1ccccc1CC(=O)c1ccc(C)cc1.COC(=O)c1ccccc1CC(=O)c1ccc(OC)cc1.COc1ccccc1CC(=O)c1ccccc1C. The van der Waals surface area contributed by atoms with Gasteiger partial charge in [0.2, 0.25) is 0 Å². The number of para-hydroxylation sites is 1. The number of methoxy groups -OCH3 is 5. The molecule has 0 saturated heterocycles. The van der Waals surface area contributed by atoms with E-state index < -0.39 is 17.9 Å². The Morgan fingerprint density at radius 2 is 0.675 bits per heavy atom. The van der Waals surface area contributed by atoms with Gasteiger partial charge in [0.05, 0.1) is 52.2 Å². The second-order valence-corrected chi connectivity index (χ2v) is 18.1. The molecule has 12 heteroatoms. The maximum absolute atomic E-state index is 12.3. The highest BCUT2D eigenvalue weighted by atomic mass is 16.5. The Morgan fingerprint density at radius 3 is 1.05 bits per heavy atom. The van der Waals surface area contributed by atoms with Crippen LogP contribution in [0.4, 0.5) is 0 Å². The Labute approximate surface area is 468 Å². The number of rotatable bonds is 18. The van der Waals surface area contributed by atoms with Crippen LogP contribution in [0.15, 0.2) is 194 Å². The minimum Gasteiger partial charge on any atom is -0.497 e. The van der Waals surface area contributed by atoms with Crippen LogP contribution in [0.25, 0.3) is 0 Å². The summed E-state index contributed by atoms with van der Waals surface area (Å²) in [7, 11) is 7.19. The zero-order valence-corrected chi connectivity index (χ0v) is 46.4. The van der Waals surface area contributed by atoms with Gasteiger partial charge in [-0.1, -0.05) is 158 Å². The van der Waals surface area contributed by atoms with Crippen molar-refractivity contribution >= 4 is 41.0 Å². The number of ether oxygens (including phenoxy) is 5. The van der Waals surface area contributed by atoms with Gasteiger partial charge < -0.3 is 23.7 Å². The summed E-state index contributed by atoms with van der Waals surface area (Å²) in [4.78, 5) is 84.1. The van der Waals surface area contributed by atoms with Gasteiger partial charge in [-0.05, 0) is 96.6 Å². The lowest BCUT2D eigenvalue weighted by molar-refractivity contribution is 0.0590. The molecule has 0 N–H and O–H groups in total. The van der Waals surface area contributed by atoms with E-state index in [9.17, 15) is 33.6 Å². The Hall–Kier alpha value is -9.55. The van der Waals surface area contributed by atoms with Gasteiger partial charge in [-0.3, -0.25) is 19.2 Å². The van der Waals surface area contributed by atoms with Crippen LogP contribution in [0, 0.1) is 13.8 Å². The molecule has 0 bridgehead atoms. The third-order valence-corrected chi connectivity index (χ3v) is 12.8. The number of benzene rings is 8. The zero-order chi connectivity index (χ0) is 58.0. The molecule has 0 radical (unpaired) electrons. The summed E-state index contributed by atoms with van der Waals surface area (Å²) in [6.45, 7) is 6.00. The molecule has 410 valence electrons. The van der Waals surface area contributed by atoms with Crippen LogP contribution in [0.3, 0.4) is 0 Å². The Balaban J connectivity index is 0.000000196. The quantitative estimate of drug-likeness (QED) is 0.0454. The summed E-state index contributed by atoms with van der Waals surface area (Å²) in [5, 5.41) is 0. The van der Waals surface area contributed by atoms with Gasteiger partial charge >= 0.3 is 17.9 Å². The molecule has 0 heterocycles. The summed E-state index contributed by atoms with van der Waals surface area (Å²) in [5.41, 5.74) is 10.2.